The molecule has 9 heteroatoms. The first kappa shape index (κ1) is 22.9. The van der Waals surface area contributed by atoms with E-state index in [1.807, 2.05) is 25.1 Å². The minimum absolute atomic E-state index is 0.0998. The number of hydrogen-bond acceptors (Lipinski definition) is 6. The molecule has 1 heterocycles. The second-order valence-corrected chi connectivity index (χ2v) is 8.15. The summed E-state index contributed by atoms with van der Waals surface area (Å²) in [6.45, 7) is 3.36. The molecule has 2 amide bonds. The summed E-state index contributed by atoms with van der Waals surface area (Å²) in [4.78, 5) is 37.7. The van der Waals surface area contributed by atoms with Crippen LogP contribution < -0.4 is 16.8 Å². The van der Waals surface area contributed by atoms with Gasteiger partial charge in [0.15, 0.2) is 5.78 Å². The number of primary amides is 1. The van der Waals surface area contributed by atoms with Gasteiger partial charge in [-0.25, -0.2) is 0 Å². The number of aryl methyl sites for hydroxylation is 1. The van der Waals surface area contributed by atoms with Gasteiger partial charge in [-0.2, -0.15) is 5.10 Å². The summed E-state index contributed by atoms with van der Waals surface area (Å²) < 4.78 is 0. The van der Waals surface area contributed by atoms with E-state index in [1.54, 1.807) is 12.1 Å². The van der Waals surface area contributed by atoms with E-state index in [0.717, 1.165) is 29.8 Å². The number of H-pyrrole nitrogens is 1. The number of ketones is 1. The maximum absolute atomic E-state index is 13.3. The minimum atomic E-state index is -0.992. The lowest BCUT2D eigenvalue weighted by molar-refractivity contribution is -0.126. The monoisotopic (exact) mass is 436 g/mol. The Balaban J connectivity index is 1.79. The van der Waals surface area contributed by atoms with E-state index in [4.69, 9.17) is 16.9 Å². The number of amides is 2. The average Bonchev–Trinajstić information content (AvgIpc) is 3.22. The maximum Gasteiger partial charge on any atom is 0.268 e. The first-order valence-electron chi connectivity index (χ1n) is 10.5. The lowest BCUT2D eigenvalue weighted by atomic mass is 9.75. The molecule has 7 N–H and O–H groups in total. The number of rotatable bonds is 7. The zero-order valence-electron chi connectivity index (χ0n) is 18.2. The first-order chi connectivity index (χ1) is 15.2. The van der Waals surface area contributed by atoms with E-state index < -0.39 is 29.4 Å². The number of benzene rings is 1. The number of hydrogen-bond donors (Lipinski definition) is 5. The summed E-state index contributed by atoms with van der Waals surface area (Å²) in [5, 5.41) is 17.4. The third-order valence-electron chi connectivity index (χ3n) is 5.76. The van der Waals surface area contributed by atoms with Crippen LogP contribution in [-0.2, 0) is 9.59 Å². The maximum atomic E-state index is 13.3. The fourth-order valence-corrected chi connectivity index (χ4v) is 4.05. The predicted octanol–water partition coefficient (Wildman–Crippen LogP) is 2.19. The molecule has 1 fully saturated rings. The Morgan fingerprint density at radius 2 is 1.72 bits per heavy atom. The van der Waals surface area contributed by atoms with E-state index in [1.165, 1.54) is 6.92 Å². The number of nitrogens with two attached hydrogens (primary N) is 2. The zero-order chi connectivity index (χ0) is 23.4. The van der Waals surface area contributed by atoms with Crippen molar-refractivity contribution in [3.63, 3.8) is 0 Å². The highest BCUT2D eigenvalue weighted by Crippen LogP contribution is 2.33. The molecule has 0 radical (unpaired) electrons. The van der Waals surface area contributed by atoms with E-state index >= 15 is 0 Å². The van der Waals surface area contributed by atoms with Crippen molar-refractivity contribution < 1.29 is 14.4 Å². The number of nitrogens with zero attached hydrogens (tertiary/aromatic N) is 1. The Labute approximate surface area is 186 Å². The fourth-order valence-electron chi connectivity index (χ4n) is 4.05. The summed E-state index contributed by atoms with van der Waals surface area (Å²) in [5.41, 5.74) is 13.5. The molecule has 3 rings (SSSR count). The SMILES string of the molecule is C/C(N)=C(\NC(=O)[C@@H]1CCCC[C@H]1C(=O)c1ccc(-c2cc(C)n[nH]2)cc1)C(=N)C(N)=O. The van der Waals surface area contributed by atoms with E-state index in [2.05, 4.69) is 15.5 Å². The van der Waals surface area contributed by atoms with Crippen molar-refractivity contribution in [1.29, 1.82) is 5.41 Å². The number of allylic oxidation sites excluding steroid dienone is 1. The molecule has 1 aliphatic rings. The number of nitrogens with one attached hydrogen (secondary N) is 3. The van der Waals surface area contributed by atoms with Crippen molar-refractivity contribution >= 4 is 23.3 Å². The largest absolute Gasteiger partial charge is 0.401 e. The third kappa shape index (κ3) is 4.93. The Bertz CT molecular complexity index is 1080. The van der Waals surface area contributed by atoms with Gasteiger partial charge < -0.3 is 16.8 Å². The molecule has 2 aromatic rings. The van der Waals surface area contributed by atoms with Gasteiger partial charge >= 0.3 is 0 Å². The predicted molar refractivity (Wildman–Crippen MR) is 120 cm³/mol. The van der Waals surface area contributed by atoms with Gasteiger partial charge in [0.1, 0.15) is 5.71 Å². The molecule has 1 saturated carbocycles. The lowest BCUT2D eigenvalue weighted by Crippen LogP contribution is -2.43. The zero-order valence-corrected chi connectivity index (χ0v) is 18.2. The van der Waals surface area contributed by atoms with Crippen molar-refractivity contribution in [1.82, 2.24) is 15.5 Å². The van der Waals surface area contributed by atoms with Crippen LogP contribution in [-0.4, -0.2) is 33.5 Å². The van der Waals surface area contributed by atoms with E-state index in [9.17, 15) is 14.4 Å². The Hall–Kier alpha value is -3.75. The standard InChI is InChI=1S/C23H28N6O3/c1-12-11-18(29-28-12)14-7-9-15(10-8-14)21(30)16-5-3-4-6-17(16)23(32)27-20(13(2)24)19(25)22(26)31/h7-11,16-17,25H,3-6,24H2,1-2H3,(H2,26,31)(H,27,32)(H,28,29)/b20-13+,25-19?/t16-,17-/m1/s1. The molecule has 9 nitrogen and oxygen atoms in total. The number of Topliss-reactive ketones (excluding diaryl/α,β-unsaturated/α-hetero) is 1. The van der Waals surface area contributed by atoms with E-state index in [-0.39, 0.29) is 17.2 Å². The van der Waals surface area contributed by atoms with Crippen LogP contribution >= 0.6 is 0 Å². The Morgan fingerprint density at radius 1 is 1.09 bits per heavy atom. The summed E-state index contributed by atoms with van der Waals surface area (Å²) in [7, 11) is 0. The van der Waals surface area contributed by atoms with Crippen LogP contribution in [0.2, 0.25) is 0 Å². The highest BCUT2D eigenvalue weighted by atomic mass is 16.2. The summed E-state index contributed by atoms with van der Waals surface area (Å²) >= 11 is 0. The van der Waals surface area contributed by atoms with Gasteiger partial charge in [-0.15, -0.1) is 0 Å². The van der Waals surface area contributed by atoms with Crippen LogP contribution in [0.15, 0.2) is 41.7 Å². The quantitative estimate of drug-likeness (QED) is 0.331. The molecule has 1 aromatic heterocycles. The van der Waals surface area contributed by atoms with Gasteiger partial charge in [0.25, 0.3) is 5.91 Å². The van der Waals surface area contributed by atoms with Crippen molar-refractivity contribution in [3.05, 3.63) is 53.0 Å². The van der Waals surface area contributed by atoms with Crippen LogP contribution in [0.1, 0.15) is 48.7 Å². The third-order valence-corrected chi connectivity index (χ3v) is 5.76. The number of carbonyl (C=O) groups is 3. The smallest absolute Gasteiger partial charge is 0.268 e. The molecule has 2 atom stereocenters. The van der Waals surface area contributed by atoms with Gasteiger partial charge in [-0.3, -0.25) is 24.9 Å². The summed E-state index contributed by atoms with van der Waals surface area (Å²) in [6.07, 6.45) is 2.79. The van der Waals surface area contributed by atoms with Crippen LogP contribution in [0.25, 0.3) is 11.3 Å². The molecular formula is C23H28N6O3. The van der Waals surface area contributed by atoms with Crippen LogP contribution in [0.5, 0.6) is 0 Å². The van der Waals surface area contributed by atoms with Crippen molar-refractivity contribution in [3.8, 4) is 11.3 Å². The van der Waals surface area contributed by atoms with Gasteiger partial charge in [-0.1, -0.05) is 37.1 Å². The molecule has 0 unspecified atom stereocenters. The molecule has 0 spiro atoms. The molecule has 0 bridgehead atoms. The normalized spacial score (nSPS) is 19.1. The van der Waals surface area contributed by atoms with Gasteiger partial charge in [0.2, 0.25) is 5.91 Å². The summed E-state index contributed by atoms with van der Waals surface area (Å²) in [6, 6.07) is 9.15. The van der Waals surface area contributed by atoms with Crippen LogP contribution in [0.3, 0.4) is 0 Å². The molecule has 0 aliphatic heterocycles. The highest BCUT2D eigenvalue weighted by Gasteiger charge is 2.36. The number of carbonyl (C=O) groups excluding carboxylic acids is 3. The fraction of sp³-hybridized carbons (Fsp3) is 0.348. The van der Waals surface area contributed by atoms with Crippen LogP contribution in [0.4, 0.5) is 0 Å². The number of aromatic nitrogens is 2. The highest BCUT2D eigenvalue weighted by molar-refractivity contribution is 6.43. The Morgan fingerprint density at radius 3 is 2.25 bits per heavy atom. The molecular weight excluding hydrogens is 408 g/mol. The van der Waals surface area contributed by atoms with Gasteiger partial charge in [-0.05, 0) is 38.3 Å². The molecule has 32 heavy (non-hydrogen) atoms. The summed E-state index contributed by atoms with van der Waals surface area (Å²) in [5.74, 6) is -2.60. The van der Waals surface area contributed by atoms with Crippen molar-refractivity contribution in [2.75, 3.05) is 0 Å². The van der Waals surface area contributed by atoms with E-state index in [0.29, 0.717) is 18.4 Å². The van der Waals surface area contributed by atoms with Gasteiger partial charge in [0.05, 0.1) is 17.1 Å². The second kappa shape index (κ2) is 9.59. The first-order valence-corrected chi connectivity index (χ1v) is 10.5. The molecule has 0 saturated heterocycles. The minimum Gasteiger partial charge on any atom is -0.401 e. The lowest BCUT2D eigenvalue weighted by Gasteiger charge is -2.30. The van der Waals surface area contributed by atoms with Crippen LogP contribution in [0, 0.1) is 24.2 Å². The average molecular weight is 437 g/mol. The Kier molecular flexibility index (Phi) is 6.87. The number of aromatic amines is 1. The second-order valence-electron chi connectivity index (χ2n) is 8.15. The van der Waals surface area contributed by atoms with Crippen molar-refractivity contribution in [2.24, 2.45) is 23.3 Å². The van der Waals surface area contributed by atoms with Gasteiger partial charge in [0, 0.05) is 23.1 Å². The van der Waals surface area contributed by atoms with Crippen molar-refractivity contribution in [2.45, 2.75) is 39.5 Å². The molecule has 1 aliphatic carbocycles. The molecule has 1 aromatic carbocycles. The molecule has 168 valence electrons. The topological polar surface area (TPSA) is 168 Å².